The molecule has 0 aromatic carbocycles. The minimum absolute atomic E-state index is 0.152. The number of carboxylic acids is 1. The van der Waals surface area contributed by atoms with Gasteiger partial charge in [0.15, 0.2) is 0 Å². The van der Waals surface area contributed by atoms with E-state index in [4.69, 9.17) is 9.84 Å². The van der Waals surface area contributed by atoms with Crippen molar-refractivity contribution in [3.05, 3.63) is 17.5 Å². The van der Waals surface area contributed by atoms with Crippen molar-refractivity contribution >= 4 is 11.9 Å². The molecule has 1 aromatic rings. The molecule has 1 aromatic heterocycles. The fourth-order valence-electron chi connectivity index (χ4n) is 2.13. The van der Waals surface area contributed by atoms with E-state index in [1.165, 1.54) is 6.20 Å². The lowest BCUT2D eigenvalue weighted by Crippen LogP contribution is -2.40. The van der Waals surface area contributed by atoms with E-state index in [2.05, 4.69) is 9.97 Å². The van der Waals surface area contributed by atoms with E-state index in [1.807, 2.05) is 4.90 Å². The van der Waals surface area contributed by atoms with E-state index in [0.29, 0.717) is 11.6 Å². The lowest BCUT2D eigenvalue weighted by Gasteiger charge is -2.32. The fourth-order valence-corrected chi connectivity index (χ4v) is 2.13. The SMILES string of the molecule is COC1CCCN(c2ncc(C(=O)O)c(C)n2)C1. The number of methoxy groups -OCH3 is 1. The first-order valence-corrected chi connectivity index (χ1v) is 5.96. The predicted octanol–water partition coefficient (Wildman–Crippen LogP) is 1.10. The number of ether oxygens (including phenoxy) is 1. The van der Waals surface area contributed by atoms with Crippen molar-refractivity contribution in [2.45, 2.75) is 25.9 Å². The molecule has 2 rings (SSSR count). The first kappa shape index (κ1) is 12.8. The van der Waals surface area contributed by atoms with Crippen LogP contribution in [-0.4, -0.2) is 47.3 Å². The number of piperidine rings is 1. The Labute approximate surface area is 106 Å². The molecule has 0 radical (unpaired) electrons. The van der Waals surface area contributed by atoms with Gasteiger partial charge in [-0.25, -0.2) is 14.8 Å². The topological polar surface area (TPSA) is 75.5 Å². The van der Waals surface area contributed by atoms with Crippen molar-refractivity contribution in [3.8, 4) is 0 Å². The van der Waals surface area contributed by atoms with Crippen LogP contribution < -0.4 is 4.90 Å². The number of rotatable bonds is 3. The van der Waals surface area contributed by atoms with Crippen molar-refractivity contribution < 1.29 is 14.6 Å². The summed E-state index contributed by atoms with van der Waals surface area (Å²) in [6.07, 6.45) is 3.64. The third kappa shape index (κ3) is 2.59. The number of carbonyl (C=O) groups is 1. The molecule has 0 amide bonds. The van der Waals surface area contributed by atoms with Crippen LogP contribution in [0.1, 0.15) is 28.9 Å². The van der Waals surface area contributed by atoms with Crippen molar-refractivity contribution in [2.75, 3.05) is 25.1 Å². The van der Waals surface area contributed by atoms with Crippen LogP contribution in [0.15, 0.2) is 6.20 Å². The number of anilines is 1. The van der Waals surface area contributed by atoms with Crippen LogP contribution in [0.3, 0.4) is 0 Å². The van der Waals surface area contributed by atoms with Crippen LogP contribution >= 0.6 is 0 Å². The zero-order chi connectivity index (χ0) is 13.1. The van der Waals surface area contributed by atoms with Gasteiger partial charge in [-0.2, -0.15) is 0 Å². The maximum Gasteiger partial charge on any atom is 0.339 e. The summed E-state index contributed by atoms with van der Waals surface area (Å²) in [5, 5.41) is 8.93. The van der Waals surface area contributed by atoms with Gasteiger partial charge in [0, 0.05) is 26.4 Å². The van der Waals surface area contributed by atoms with Crippen LogP contribution in [0.5, 0.6) is 0 Å². The van der Waals surface area contributed by atoms with Gasteiger partial charge in [0.05, 0.1) is 17.4 Å². The first-order chi connectivity index (χ1) is 8.61. The summed E-state index contributed by atoms with van der Waals surface area (Å²) in [5.74, 6) is -0.410. The zero-order valence-corrected chi connectivity index (χ0v) is 10.6. The van der Waals surface area contributed by atoms with Gasteiger partial charge in [0.1, 0.15) is 0 Å². The smallest absolute Gasteiger partial charge is 0.339 e. The molecule has 1 aliphatic rings. The third-order valence-corrected chi connectivity index (χ3v) is 3.19. The Kier molecular flexibility index (Phi) is 3.76. The number of nitrogens with zero attached hydrogens (tertiary/aromatic N) is 3. The van der Waals surface area contributed by atoms with E-state index in [0.717, 1.165) is 25.9 Å². The molecule has 1 aliphatic heterocycles. The van der Waals surface area contributed by atoms with E-state index in [-0.39, 0.29) is 11.7 Å². The second-order valence-corrected chi connectivity index (χ2v) is 4.42. The molecular formula is C12H17N3O3. The second kappa shape index (κ2) is 5.30. The van der Waals surface area contributed by atoms with E-state index >= 15 is 0 Å². The Morgan fingerprint density at radius 3 is 3.00 bits per heavy atom. The molecule has 6 heteroatoms. The number of hydrogen-bond donors (Lipinski definition) is 1. The van der Waals surface area contributed by atoms with Gasteiger partial charge in [-0.15, -0.1) is 0 Å². The highest BCUT2D eigenvalue weighted by molar-refractivity contribution is 5.88. The van der Waals surface area contributed by atoms with Gasteiger partial charge in [-0.05, 0) is 19.8 Å². The summed E-state index contributed by atoms with van der Waals surface area (Å²) in [4.78, 5) is 21.3. The number of aromatic nitrogens is 2. The maximum atomic E-state index is 10.9. The van der Waals surface area contributed by atoms with Gasteiger partial charge >= 0.3 is 5.97 Å². The van der Waals surface area contributed by atoms with Crippen LogP contribution in [-0.2, 0) is 4.74 Å². The Morgan fingerprint density at radius 2 is 2.39 bits per heavy atom. The fraction of sp³-hybridized carbons (Fsp3) is 0.583. The van der Waals surface area contributed by atoms with Crippen molar-refractivity contribution in [1.29, 1.82) is 0 Å². The first-order valence-electron chi connectivity index (χ1n) is 5.96. The molecule has 0 saturated carbocycles. The molecule has 1 fully saturated rings. The van der Waals surface area contributed by atoms with E-state index in [9.17, 15) is 4.79 Å². The minimum Gasteiger partial charge on any atom is -0.478 e. The number of hydrogen-bond acceptors (Lipinski definition) is 5. The molecule has 0 aliphatic carbocycles. The largest absolute Gasteiger partial charge is 0.478 e. The third-order valence-electron chi connectivity index (χ3n) is 3.19. The van der Waals surface area contributed by atoms with E-state index < -0.39 is 5.97 Å². The molecular weight excluding hydrogens is 234 g/mol. The van der Waals surface area contributed by atoms with Gasteiger partial charge in [-0.3, -0.25) is 0 Å². The lowest BCUT2D eigenvalue weighted by atomic mass is 10.1. The average Bonchev–Trinajstić information content (AvgIpc) is 2.38. The molecule has 98 valence electrons. The molecule has 1 unspecified atom stereocenters. The van der Waals surface area contributed by atoms with Gasteiger partial charge in [0.2, 0.25) is 5.95 Å². The molecule has 6 nitrogen and oxygen atoms in total. The molecule has 0 bridgehead atoms. The summed E-state index contributed by atoms with van der Waals surface area (Å²) >= 11 is 0. The highest BCUT2D eigenvalue weighted by atomic mass is 16.5. The van der Waals surface area contributed by atoms with Crippen molar-refractivity contribution in [2.24, 2.45) is 0 Å². The van der Waals surface area contributed by atoms with Gasteiger partial charge in [-0.1, -0.05) is 0 Å². The summed E-state index contributed by atoms with van der Waals surface area (Å²) in [7, 11) is 1.70. The van der Waals surface area contributed by atoms with Gasteiger partial charge < -0.3 is 14.7 Å². The summed E-state index contributed by atoms with van der Waals surface area (Å²) in [5.41, 5.74) is 0.645. The minimum atomic E-state index is -0.993. The Morgan fingerprint density at radius 1 is 1.61 bits per heavy atom. The summed E-state index contributed by atoms with van der Waals surface area (Å²) in [6.45, 7) is 3.32. The summed E-state index contributed by atoms with van der Waals surface area (Å²) in [6, 6.07) is 0. The Balaban J connectivity index is 2.18. The molecule has 0 spiro atoms. The standard InChI is InChI=1S/C12H17N3O3/c1-8-10(11(16)17)6-13-12(14-8)15-5-3-4-9(7-15)18-2/h6,9H,3-5,7H2,1-2H3,(H,16,17). The molecule has 18 heavy (non-hydrogen) atoms. The summed E-state index contributed by atoms with van der Waals surface area (Å²) < 4.78 is 5.34. The van der Waals surface area contributed by atoms with Gasteiger partial charge in [0.25, 0.3) is 0 Å². The van der Waals surface area contributed by atoms with Crippen LogP contribution in [0.2, 0.25) is 0 Å². The normalized spacial score (nSPS) is 19.9. The monoisotopic (exact) mass is 251 g/mol. The Hall–Kier alpha value is -1.69. The zero-order valence-electron chi connectivity index (χ0n) is 10.6. The number of aryl methyl sites for hydroxylation is 1. The van der Waals surface area contributed by atoms with Crippen LogP contribution in [0, 0.1) is 6.92 Å². The predicted molar refractivity (Wildman–Crippen MR) is 66.0 cm³/mol. The lowest BCUT2D eigenvalue weighted by molar-refractivity contribution is 0.0695. The second-order valence-electron chi connectivity index (χ2n) is 4.42. The number of aromatic carboxylic acids is 1. The molecule has 2 heterocycles. The van der Waals surface area contributed by atoms with Crippen molar-refractivity contribution in [3.63, 3.8) is 0 Å². The molecule has 1 N–H and O–H groups in total. The highest BCUT2D eigenvalue weighted by Crippen LogP contribution is 2.18. The molecule has 1 atom stereocenters. The Bertz CT molecular complexity index is 450. The van der Waals surface area contributed by atoms with Crippen LogP contribution in [0.4, 0.5) is 5.95 Å². The number of carboxylic acid groups (broad SMARTS) is 1. The average molecular weight is 251 g/mol. The highest BCUT2D eigenvalue weighted by Gasteiger charge is 2.22. The molecule has 1 saturated heterocycles. The van der Waals surface area contributed by atoms with Crippen LogP contribution in [0.25, 0.3) is 0 Å². The van der Waals surface area contributed by atoms with E-state index in [1.54, 1.807) is 14.0 Å². The maximum absolute atomic E-state index is 10.9. The quantitative estimate of drug-likeness (QED) is 0.867. The van der Waals surface area contributed by atoms with Crippen molar-refractivity contribution in [1.82, 2.24) is 9.97 Å².